The first-order valence-corrected chi connectivity index (χ1v) is 9.21. The monoisotopic (exact) mass is 386 g/mol. The molecular weight excluding hydrogens is 360 g/mol. The highest BCUT2D eigenvalue weighted by Gasteiger charge is 2.09. The molecule has 28 heavy (non-hydrogen) atoms. The van der Waals surface area contributed by atoms with Crippen molar-refractivity contribution in [3.63, 3.8) is 0 Å². The van der Waals surface area contributed by atoms with E-state index in [0.717, 1.165) is 18.4 Å². The first-order chi connectivity index (χ1) is 13.6. The standard InChI is InChI=1S/C21H26N2O5/c1-3-4-13-28-18-11-5-15(14-19(18)27-2)6-12-20(24)22-17-9-7-16(8-10-17)21(25)23-26/h5,7-11,14,26H,3-4,6,12-13H2,1-2H3,(H,22,24)(H,23,25). The number of hydroxylamine groups is 1. The van der Waals surface area contributed by atoms with Crippen LogP contribution in [0.4, 0.5) is 5.69 Å². The average Bonchev–Trinajstić information content (AvgIpc) is 2.73. The number of benzene rings is 2. The lowest BCUT2D eigenvalue weighted by Crippen LogP contribution is -2.18. The average molecular weight is 386 g/mol. The number of unbranched alkanes of at least 4 members (excludes halogenated alkanes) is 1. The number of rotatable bonds is 10. The van der Waals surface area contributed by atoms with Crippen LogP contribution in [-0.4, -0.2) is 30.7 Å². The Hall–Kier alpha value is -3.06. The van der Waals surface area contributed by atoms with Gasteiger partial charge in [-0.25, -0.2) is 5.48 Å². The third-order valence-corrected chi connectivity index (χ3v) is 4.16. The summed E-state index contributed by atoms with van der Waals surface area (Å²) in [6.45, 7) is 2.75. The second-order valence-electron chi connectivity index (χ2n) is 6.25. The highest BCUT2D eigenvalue weighted by Crippen LogP contribution is 2.28. The van der Waals surface area contributed by atoms with Crippen molar-refractivity contribution in [2.24, 2.45) is 0 Å². The Balaban J connectivity index is 1.88. The van der Waals surface area contributed by atoms with Crippen molar-refractivity contribution in [2.75, 3.05) is 19.0 Å². The molecule has 7 heteroatoms. The van der Waals surface area contributed by atoms with Crippen molar-refractivity contribution in [3.8, 4) is 11.5 Å². The maximum atomic E-state index is 12.2. The summed E-state index contributed by atoms with van der Waals surface area (Å²) in [6, 6.07) is 11.9. The molecule has 0 aromatic heterocycles. The van der Waals surface area contributed by atoms with Gasteiger partial charge in [-0.15, -0.1) is 0 Å². The normalized spacial score (nSPS) is 10.2. The molecule has 0 saturated carbocycles. The SMILES string of the molecule is CCCCOc1ccc(CCC(=O)Nc2ccc(C(=O)NO)cc2)cc1OC. The Labute approximate surface area is 164 Å². The predicted octanol–water partition coefficient (Wildman–Crippen LogP) is 3.56. The number of anilines is 1. The van der Waals surface area contributed by atoms with E-state index in [9.17, 15) is 9.59 Å². The van der Waals surface area contributed by atoms with Crippen LogP contribution in [0.1, 0.15) is 42.1 Å². The number of hydrogen-bond acceptors (Lipinski definition) is 5. The number of nitrogens with one attached hydrogen (secondary N) is 2. The molecule has 2 rings (SSSR count). The summed E-state index contributed by atoms with van der Waals surface area (Å²) in [4.78, 5) is 23.5. The molecule has 0 bridgehead atoms. The van der Waals surface area contributed by atoms with Gasteiger partial charge in [0.25, 0.3) is 5.91 Å². The number of aryl methyl sites for hydroxylation is 1. The predicted molar refractivity (Wildman–Crippen MR) is 106 cm³/mol. The summed E-state index contributed by atoms with van der Waals surface area (Å²) in [5, 5.41) is 11.4. The molecule has 3 N–H and O–H groups in total. The third-order valence-electron chi connectivity index (χ3n) is 4.16. The minimum Gasteiger partial charge on any atom is -0.493 e. The van der Waals surface area contributed by atoms with E-state index in [1.165, 1.54) is 12.1 Å². The maximum Gasteiger partial charge on any atom is 0.274 e. The van der Waals surface area contributed by atoms with Crippen molar-refractivity contribution in [1.82, 2.24) is 5.48 Å². The number of amides is 2. The first kappa shape index (κ1) is 21.2. The Morgan fingerprint density at radius 1 is 1.07 bits per heavy atom. The number of carbonyl (C=O) groups is 2. The number of carbonyl (C=O) groups excluding carboxylic acids is 2. The quantitative estimate of drug-likeness (QED) is 0.330. The van der Waals surface area contributed by atoms with E-state index in [1.54, 1.807) is 24.7 Å². The van der Waals surface area contributed by atoms with Crippen LogP contribution in [0.15, 0.2) is 42.5 Å². The van der Waals surface area contributed by atoms with Crippen molar-refractivity contribution < 1.29 is 24.3 Å². The van der Waals surface area contributed by atoms with Crippen LogP contribution in [0.25, 0.3) is 0 Å². The fourth-order valence-electron chi connectivity index (χ4n) is 2.56. The van der Waals surface area contributed by atoms with Gasteiger partial charge in [0.05, 0.1) is 13.7 Å². The largest absolute Gasteiger partial charge is 0.493 e. The van der Waals surface area contributed by atoms with Crippen LogP contribution in [-0.2, 0) is 11.2 Å². The van der Waals surface area contributed by atoms with Gasteiger partial charge in [0.15, 0.2) is 11.5 Å². The second-order valence-corrected chi connectivity index (χ2v) is 6.25. The molecule has 0 radical (unpaired) electrons. The number of hydrogen-bond donors (Lipinski definition) is 3. The zero-order chi connectivity index (χ0) is 20.4. The Bertz CT molecular complexity index is 790. The van der Waals surface area contributed by atoms with Gasteiger partial charge in [0.1, 0.15) is 0 Å². The van der Waals surface area contributed by atoms with Crippen LogP contribution >= 0.6 is 0 Å². The molecule has 0 heterocycles. The summed E-state index contributed by atoms with van der Waals surface area (Å²) in [7, 11) is 1.60. The Kier molecular flexibility index (Phi) is 8.30. The van der Waals surface area contributed by atoms with Gasteiger partial charge >= 0.3 is 0 Å². The third kappa shape index (κ3) is 6.28. The summed E-state index contributed by atoms with van der Waals surface area (Å²) in [5.41, 5.74) is 3.42. The molecule has 150 valence electrons. The number of methoxy groups -OCH3 is 1. The van der Waals surface area contributed by atoms with Gasteiger partial charge in [-0.3, -0.25) is 14.8 Å². The van der Waals surface area contributed by atoms with Gasteiger partial charge in [0.2, 0.25) is 5.91 Å². The van der Waals surface area contributed by atoms with Crippen LogP contribution < -0.4 is 20.3 Å². The van der Waals surface area contributed by atoms with Crippen molar-refractivity contribution in [3.05, 3.63) is 53.6 Å². The first-order valence-electron chi connectivity index (χ1n) is 9.21. The number of ether oxygens (including phenoxy) is 2. The lowest BCUT2D eigenvalue weighted by molar-refractivity contribution is -0.116. The smallest absolute Gasteiger partial charge is 0.274 e. The van der Waals surface area contributed by atoms with Crippen LogP contribution in [0.5, 0.6) is 11.5 Å². The minimum atomic E-state index is -0.603. The zero-order valence-electron chi connectivity index (χ0n) is 16.2. The molecule has 7 nitrogen and oxygen atoms in total. The fraction of sp³-hybridized carbons (Fsp3) is 0.333. The van der Waals surface area contributed by atoms with E-state index in [1.807, 2.05) is 18.2 Å². The molecular formula is C21H26N2O5. The molecule has 2 amide bonds. The summed E-state index contributed by atoms with van der Waals surface area (Å²) in [5.74, 6) is 0.624. The zero-order valence-corrected chi connectivity index (χ0v) is 16.2. The topological polar surface area (TPSA) is 96.9 Å². The molecule has 0 atom stereocenters. The fourth-order valence-corrected chi connectivity index (χ4v) is 2.56. The molecule has 0 saturated heterocycles. The van der Waals surface area contributed by atoms with E-state index in [-0.39, 0.29) is 5.91 Å². The lowest BCUT2D eigenvalue weighted by Gasteiger charge is -2.12. The van der Waals surface area contributed by atoms with Crippen LogP contribution in [0, 0.1) is 0 Å². The highest BCUT2D eigenvalue weighted by atomic mass is 16.5. The van der Waals surface area contributed by atoms with Crippen LogP contribution in [0.3, 0.4) is 0 Å². The molecule has 2 aromatic carbocycles. The Morgan fingerprint density at radius 3 is 2.46 bits per heavy atom. The van der Waals surface area contributed by atoms with Gasteiger partial charge in [-0.05, 0) is 54.8 Å². The van der Waals surface area contributed by atoms with Crippen molar-refractivity contribution in [1.29, 1.82) is 0 Å². The molecule has 0 aliphatic carbocycles. The molecule has 0 unspecified atom stereocenters. The van der Waals surface area contributed by atoms with Gasteiger partial charge in [-0.1, -0.05) is 19.4 Å². The van der Waals surface area contributed by atoms with Gasteiger partial charge in [0, 0.05) is 17.7 Å². The molecule has 0 fully saturated rings. The summed E-state index contributed by atoms with van der Waals surface area (Å²) < 4.78 is 11.1. The molecule has 2 aromatic rings. The molecule has 0 aliphatic rings. The highest BCUT2D eigenvalue weighted by molar-refractivity contribution is 5.95. The van der Waals surface area contributed by atoms with Crippen LogP contribution in [0.2, 0.25) is 0 Å². The lowest BCUT2D eigenvalue weighted by atomic mass is 10.1. The van der Waals surface area contributed by atoms with Gasteiger partial charge < -0.3 is 14.8 Å². The van der Waals surface area contributed by atoms with Crippen molar-refractivity contribution in [2.45, 2.75) is 32.6 Å². The van der Waals surface area contributed by atoms with E-state index in [0.29, 0.717) is 42.2 Å². The summed E-state index contributed by atoms with van der Waals surface area (Å²) in [6.07, 6.45) is 2.91. The molecule has 0 aliphatic heterocycles. The maximum absolute atomic E-state index is 12.2. The molecule has 0 spiro atoms. The van der Waals surface area contributed by atoms with Crippen molar-refractivity contribution >= 4 is 17.5 Å². The van der Waals surface area contributed by atoms with E-state index in [2.05, 4.69) is 12.2 Å². The van der Waals surface area contributed by atoms with E-state index in [4.69, 9.17) is 14.7 Å². The Morgan fingerprint density at radius 2 is 1.82 bits per heavy atom. The summed E-state index contributed by atoms with van der Waals surface area (Å²) >= 11 is 0. The second kappa shape index (κ2) is 10.9. The minimum absolute atomic E-state index is 0.137. The van der Waals surface area contributed by atoms with E-state index < -0.39 is 5.91 Å². The van der Waals surface area contributed by atoms with E-state index >= 15 is 0 Å². The van der Waals surface area contributed by atoms with Gasteiger partial charge in [-0.2, -0.15) is 0 Å².